The van der Waals surface area contributed by atoms with Crippen LogP contribution < -0.4 is 0 Å². The summed E-state index contributed by atoms with van der Waals surface area (Å²) < 4.78 is 10.1. The number of methoxy groups -OCH3 is 2. The van der Waals surface area contributed by atoms with Gasteiger partial charge in [-0.2, -0.15) is 9.68 Å². The zero-order valence-electron chi connectivity index (χ0n) is 10.5. The van der Waals surface area contributed by atoms with E-state index >= 15 is 0 Å². The van der Waals surface area contributed by atoms with Crippen LogP contribution in [0.4, 0.5) is 0 Å². The molecule has 0 N–H and O–H groups in total. The van der Waals surface area contributed by atoms with Crippen LogP contribution >= 0.6 is 0 Å². The van der Waals surface area contributed by atoms with E-state index in [4.69, 9.17) is 19.1 Å². The number of ether oxygens (including phenoxy) is 2. The first-order chi connectivity index (χ1) is 7.67. The highest BCUT2D eigenvalue weighted by Gasteiger charge is 2.19. The Hall–Kier alpha value is -0.880. The summed E-state index contributed by atoms with van der Waals surface area (Å²) in [5, 5.41) is 0.114. The second-order valence-electron chi connectivity index (χ2n) is 3.35. The van der Waals surface area contributed by atoms with Crippen molar-refractivity contribution < 1.29 is 24.2 Å². The van der Waals surface area contributed by atoms with Crippen molar-refractivity contribution in [3.8, 4) is 0 Å². The molecule has 0 aliphatic heterocycles. The first kappa shape index (κ1) is 15.1. The van der Waals surface area contributed by atoms with E-state index in [1.54, 1.807) is 14.2 Å². The van der Waals surface area contributed by atoms with Crippen LogP contribution in [0.25, 0.3) is 0 Å². The van der Waals surface area contributed by atoms with Gasteiger partial charge in [-0.15, -0.1) is 0 Å². The second-order valence-corrected chi connectivity index (χ2v) is 3.35. The van der Waals surface area contributed by atoms with Gasteiger partial charge >= 0.3 is 5.09 Å². The second kappa shape index (κ2) is 9.35. The lowest BCUT2D eigenvalue weighted by atomic mass is 10.3. The highest BCUT2D eigenvalue weighted by molar-refractivity contribution is 4.49. The van der Waals surface area contributed by atoms with Crippen molar-refractivity contribution in [3.63, 3.8) is 0 Å². The molecule has 6 nitrogen and oxygen atoms in total. The SMILES string of the molecule is CCC(CO[N+](=O)OCC(CC)OC)OC. The Morgan fingerprint density at radius 2 is 1.31 bits per heavy atom. The van der Waals surface area contributed by atoms with Crippen molar-refractivity contribution in [1.82, 2.24) is 0 Å². The molecule has 0 bridgehead atoms. The standard InChI is InChI=1S/C10H22NO5/c1-5-9(13-3)7-15-11(12)16-8-10(6-2)14-4/h9-10H,5-8H2,1-4H3/q+1. The molecule has 0 aromatic heterocycles. The van der Waals surface area contributed by atoms with Crippen molar-refractivity contribution in [3.05, 3.63) is 4.91 Å². The molecule has 0 radical (unpaired) electrons. The number of hydrogen-bond acceptors (Lipinski definition) is 5. The molecular weight excluding hydrogens is 214 g/mol. The minimum absolute atomic E-state index is 0.0931. The van der Waals surface area contributed by atoms with Gasteiger partial charge in [-0.25, -0.2) is 0 Å². The fraction of sp³-hybridized carbons (Fsp3) is 1.00. The maximum atomic E-state index is 11.1. The molecule has 2 atom stereocenters. The Kier molecular flexibility index (Phi) is 8.84. The fourth-order valence-corrected chi connectivity index (χ4v) is 1.03. The van der Waals surface area contributed by atoms with E-state index in [2.05, 4.69) is 0 Å². The topological polar surface area (TPSA) is 57.0 Å². The summed E-state index contributed by atoms with van der Waals surface area (Å²) in [6, 6.07) is 0. The van der Waals surface area contributed by atoms with Crippen LogP contribution in [0.1, 0.15) is 26.7 Å². The van der Waals surface area contributed by atoms with Gasteiger partial charge in [0.15, 0.2) is 13.2 Å². The molecule has 0 saturated carbocycles. The van der Waals surface area contributed by atoms with Crippen LogP contribution in [0.2, 0.25) is 0 Å². The van der Waals surface area contributed by atoms with Crippen molar-refractivity contribution in [2.45, 2.75) is 38.9 Å². The molecule has 0 spiro atoms. The van der Waals surface area contributed by atoms with Gasteiger partial charge in [-0.05, 0) is 12.8 Å². The molecule has 16 heavy (non-hydrogen) atoms. The molecule has 0 saturated heterocycles. The Labute approximate surface area is 96.3 Å². The maximum absolute atomic E-state index is 11.1. The van der Waals surface area contributed by atoms with E-state index in [0.29, 0.717) is 0 Å². The van der Waals surface area contributed by atoms with E-state index in [9.17, 15) is 4.91 Å². The van der Waals surface area contributed by atoms with Crippen LogP contribution in [0.3, 0.4) is 0 Å². The fourth-order valence-electron chi connectivity index (χ4n) is 1.03. The summed E-state index contributed by atoms with van der Waals surface area (Å²) in [4.78, 5) is 20.7. The van der Waals surface area contributed by atoms with Gasteiger partial charge in [0, 0.05) is 14.2 Å². The van der Waals surface area contributed by atoms with Crippen LogP contribution in [0, 0.1) is 4.91 Å². The summed E-state index contributed by atoms with van der Waals surface area (Å²) in [6.07, 6.45) is 1.37. The zero-order chi connectivity index (χ0) is 12.4. The average Bonchev–Trinajstić information content (AvgIpc) is 2.31. The molecule has 0 aliphatic carbocycles. The van der Waals surface area contributed by atoms with Gasteiger partial charge < -0.3 is 9.47 Å². The quantitative estimate of drug-likeness (QED) is 0.538. The highest BCUT2D eigenvalue weighted by atomic mass is 17.0. The predicted octanol–water partition coefficient (Wildman–Crippen LogP) is 1.48. The summed E-state index contributed by atoms with van der Waals surface area (Å²) in [5.41, 5.74) is 0. The van der Waals surface area contributed by atoms with Gasteiger partial charge in [0.2, 0.25) is 0 Å². The lowest BCUT2D eigenvalue weighted by Crippen LogP contribution is -2.25. The van der Waals surface area contributed by atoms with Gasteiger partial charge in [0.1, 0.15) is 4.91 Å². The van der Waals surface area contributed by atoms with Crippen molar-refractivity contribution >= 4 is 0 Å². The Balaban J connectivity index is 3.65. The first-order valence-electron chi connectivity index (χ1n) is 5.46. The predicted molar refractivity (Wildman–Crippen MR) is 57.7 cm³/mol. The summed E-state index contributed by atoms with van der Waals surface area (Å²) >= 11 is 0. The van der Waals surface area contributed by atoms with Crippen LogP contribution in [0.15, 0.2) is 0 Å². The van der Waals surface area contributed by atoms with E-state index in [-0.39, 0.29) is 30.5 Å². The molecule has 2 unspecified atom stereocenters. The smallest absolute Gasteiger partial charge is 0.378 e. The molecule has 0 amide bonds. The molecular formula is C10H22NO5+. The summed E-state index contributed by atoms with van der Waals surface area (Å²) in [6.45, 7) is 4.26. The van der Waals surface area contributed by atoms with Crippen LogP contribution in [-0.2, 0) is 19.1 Å². The molecule has 0 aliphatic rings. The monoisotopic (exact) mass is 236 g/mol. The van der Waals surface area contributed by atoms with E-state index in [0.717, 1.165) is 12.8 Å². The maximum Gasteiger partial charge on any atom is 0.477 e. The van der Waals surface area contributed by atoms with E-state index in [1.807, 2.05) is 13.8 Å². The molecule has 0 aromatic carbocycles. The zero-order valence-corrected chi connectivity index (χ0v) is 10.5. The molecule has 0 rings (SSSR count). The van der Waals surface area contributed by atoms with Gasteiger partial charge in [-0.1, -0.05) is 13.8 Å². The third-order valence-corrected chi connectivity index (χ3v) is 2.31. The first-order valence-corrected chi connectivity index (χ1v) is 5.46. The minimum atomic E-state index is -0.0931. The van der Waals surface area contributed by atoms with Crippen molar-refractivity contribution in [2.24, 2.45) is 0 Å². The minimum Gasteiger partial charge on any atom is -0.378 e. The molecule has 0 aromatic rings. The van der Waals surface area contributed by atoms with Crippen LogP contribution in [0.5, 0.6) is 0 Å². The lowest BCUT2D eigenvalue weighted by Gasteiger charge is -2.09. The Morgan fingerprint density at radius 1 is 0.938 bits per heavy atom. The van der Waals surface area contributed by atoms with Crippen LogP contribution in [-0.4, -0.2) is 44.7 Å². The average molecular weight is 236 g/mol. The third-order valence-electron chi connectivity index (χ3n) is 2.31. The molecule has 0 fully saturated rings. The number of nitrogens with zero attached hydrogens (tertiary/aromatic N) is 1. The Morgan fingerprint density at radius 3 is 1.56 bits per heavy atom. The van der Waals surface area contributed by atoms with Crippen molar-refractivity contribution in [2.75, 3.05) is 27.4 Å². The largest absolute Gasteiger partial charge is 0.477 e. The molecule has 96 valence electrons. The third kappa shape index (κ3) is 6.58. The van der Waals surface area contributed by atoms with E-state index < -0.39 is 0 Å². The van der Waals surface area contributed by atoms with Gasteiger partial charge in [0.05, 0.1) is 12.2 Å². The Bertz CT molecular complexity index is 162. The number of rotatable bonds is 10. The molecule has 0 heterocycles. The summed E-state index contributed by atoms with van der Waals surface area (Å²) in [5.74, 6) is 0. The molecule has 6 heteroatoms. The van der Waals surface area contributed by atoms with Gasteiger partial charge in [0.25, 0.3) is 0 Å². The lowest BCUT2D eigenvalue weighted by molar-refractivity contribution is -0.982. The van der Waals surface area contributed by atoms with Crippen molar-refractivity contribution in [1.29, 1.82) is 0 Å². The number of hydrogen-bond donors (Lipinski definition) is 0. The van der Waals surface area contributed by atoms with E-state index in [1.165, 1.54) is 0 Å². The summed E-state index contributed by atoms with van der Waals surface area (Å²) in [7, 11) is 3.15. The highest BCUT2D eigenvalue weighted by Crippen LogP contribution is 1.99. The normalized spacial score (nSPS) is 14.2. The van der Waals surface area contributed by atoms with Gasteiger partial charge in [-0.3, -0.25) is 0 Å².